The SMILES string of the molecule is CC/C=C(\C=C/CCOC)Oc1cc(-c2ccc(OC(F)(F)F)cc2)ccc1Br. The van der Waals surface area contributed by atoms with E-state index in [9.17, 15) is 13.2 Å². The Balaban J connectivity index is 2.20. The molecule has 0 aromatic heterocycles. The van der Waals surface area contributed by atoms with E-state index in [0.717, 1.165) is 28.4 Å². The van der Waals surface area contributed by atoms with Gasteiger partial charge in [0.1, 0.15) is 17.3 Å². The highest BCUT2D eigenvalue weighted by Crippen LogP contribution is 2.33. The van der Waals surface area contributed by atoms with E-state index in [0.29, 0.717) is 18.1 Å². The monoisotopic (exact) mass is 470 g/mol. The van der Waals surface area contributed by atoms with Gasteiger partial charge in [0.2, 0.25) is 0 Å². The molecule has 0 radical (unpaired) electrons. The Morgan fingerprint density at radius 3 is 2.38 bits per heavy atom. The van der Waals surface area contributed by atoms with Gasteiger partial charge in [-0.25, -0.2) is 0 Å². The first-order valence-electron chi connectivity index (χ1n) is 9.01. The second-order valence-corrected chi connectivity index (χ2v) is 6.87. The van der Waals surface area contributed by atoms with Crippen molar-refractivity contribution in [3.63, 3.8) is 0 Å². The summed E-state index contributed by atoms with van der Waals surface area (Å²) in [5.41, 5.74) is 1.55. The van der Waals surface area contributed by atoms with Crippen molar-refractivity contribution >= 4 is 15.9 Å². The van der Waals surface area contributed by atoms with Crippen molar-refractivity contribution in [1.82, 2.24) is 0 Å². The molecule has 0 aliphatic rings. The Morgan fingerprint density at radius 1 is 1.07 bits per heavy atom. The smallest absolute Gasteiger partial charge is 0.457 e. The lowest BCUT2D eigenvalue weighted by atomic mass is 10.1. The fourth-order valence-corrected chi connectivity index (χ4v) is 2.80. The van der Waals surface area contributed by atoms with Gasteiger partial charge in [-0.05, 0) is 76.3 Å². The molecule has 7 heteroatoms. The zero-order valence-electron chi connectivity index (χ0n) is 16.1. The van der Waals surface area contributed by atoms with E-state index in [1.165, 1.54) is 12.1 Å². The van der Waals surface area contributed by atoms with Crippen LogP contribution in [0.1, 0.15) is 19.8 Å². The molecule has 2 aromatic carbocycles. The molecule has 0 aliphatic carbocycles. The van der Waals surface area contributed by atoms with E-state index in [1.54, 1.807) is 19.2 Å². The second-order valence-electron chi connectivity index (χ2n) is 6.02. The Labute approximate surface area is 176 Å². The molecule has 3 nitrogen and oxygen atoms in total. The molecular formula is C22H22BrF3O3. The standard InChI is InChI=1S/C22H22BrF3O3/c1-3-6-18(7-4-5-14-27-2)28-21-15-17(10-13-20(21)23)16-8-11-19(12-9-16)29-22(24,25)26/h4,6-13,15H,3,5,14H2,1-2H3/b7-4-,18-6+. The van der Waals surface area contributed by atoms with E-state index < -0.39 is 6.36 Å². The third-order valence-corrected chi connectivity index (χ3v) is 4.41. The number of rotatable bonds is 9. The number of alkyl halides is 3. The van der Waals surface area contributed by atoms with Crippen LogP contribution in [0, 0.1) is 0 Å². The molecule has 0 aliphatic heterocycles. The topological polar surface area (TPSA) is 27.7 Å². The molecule has 0 saturated carbocycles. The largest absolute Gasteiger partial charge is 0.573 e. The molecule has 0 amide bonds. The first-order valence-corrected chi connectivity index (χ1v) is 9.81. The molecular weight excluding hydrogens is 449 g/mol. The van der Waals surface area contributed by atoms with Crippen molar-refractivity contribution in [2.45, 2.75) is 26.1 Å². The average Bonchev–Trinajstić information content (AvgIpc) is 2.66. The molecule has 0 heterocycles. The maximum atomic E-state index is 12.3. The molecule has 0 fully saturated rings. The van der Waals surface area contributed by atoms with E-state index in [2.05, 4.69) is 20.7 Å². The van der Waals surface area contributed by atoms with E-state index in [1.807, 2.05) is 43.4 Å². The van der Waals surface area contributed by atoms with Crippen LogP contribution in [0.3, 0.4) is 0 Å². The number of ether oxygens (including phenoxy) is 3. The Bertz CT molecular complexity index is 843. The summed E-state index contributed by atoms with van der Waals surface area (Å²) in [6.45, 7) is 2.64. The third kappa shape index (κ3) is 7.95. The molecule has 0 N–H and O–H groups in total. The van der Waals surface area contributed by atoms with Crippen LogP contribution in [0.4, 0.5) is 13.2 Å². The van der Waals surface area contributed by atoms with Crippen LogP contribution in [0.25, 0.3) is 11.1 Å². The summed E-state index contributed by atoms with van der Waals surface area (Å²) < 4.78 is 52.7. The van der Waals surface area contributed by atoms with Crippen LogP contribution in [-0.4, -0.2) is 20.1 Å². The summed E-state index contributed by atoms with van der Waals surface area (Å²) in [7, 11) is 1.65. The van der Waals surface area contributed by atoms with Gasteiger partial charge in [0, 0.05) is 13.7 Å². The molecule has 156 valence electrons. The van der Waals surface area contributed by atoms with Crippen LogP contribution in [0.2, 0.25) is 0 Å². The predicted molar refractivity (Wildman–Crippen MR) is 111 cm³/mol. The number of allylic oxidation sites excluding steroid dienone is 2. The minimum atomic E-state index is -4.71. The summed E-state index contributed by atoms with van der Waals surface area (Å²) in [5.74, 6) is 1.05. The van der Waals surface area contributed by atoms with Crippen molar-refractivity contribution < 1.29 is 27.4 Å². The van der Waals surface area contributed by atoms with Crippen molar-refractivity contribution in [2.75, 3.05) is 13.7 Å². The van der Waals surface area contributed by atoms with Crippen molar-refractivity contribution in [1.29, 1.82) is 0 Å². The lowest BCUT2D eigenvalue weighted by molar-refractivity contribution is -0.274. The van der Waals surface area contributed by atoms with Gasteiger partial charge in [0.25, 0.3) is 0 Å². The summed E-state index contributed by atoms with van der Waals surface area (Å²) in [6.07, 6.45) is 2.70. The number of hydrogen-bond acceptors (Lipinski definition) is 3. The molecule has 0 unspecified atom stereocenters. The van der Waals surface area contributed by atoms with E-state index >= 15 is 0 Å². The zero-order valence-corrected chi connectivity index (χ0v) is 17.7. The van der Waals surface area contributed by atoms with Gasteiger partial charge in [0.05, 0.1) is 4.47 Å². The highest BCUT2D eigenvalue weighted by molar-refractivity contribution is 9.10. The van der Waals surface area contributed by atoms with Gasteiger partial charge in [-0.3, -0.25) is 0 Å². The van der Waals surface area contributed by atoms with Crippen LogP contribution in [0.5, 0.6) is 11.5 Å². The molecule has 0 bridgehead atoms. The minimum Gasteiger partial charge on any atom is -0.457 e. The first-order chi connectivity index (χ1) is 13.8. The minimum absolute atomic E-state index is 0.260. The maximum Gasteiger partial charge on any atom is 0.573 e. The van der Waals surface area contributed by atoms with Crippen molar-refractivity contribution in [2.24, 2.45) is 0 Å². The number of benzene rings is 2. The van der Waals surface area contributed by atoms with Crippen molar-refractivity contribution in [3.05, 3.63) is 70.9 Å². The van der Waals surface area contributed by atoms with Gasteiger partial charge in [-0.2, -0.15) is 0 Å². The van der Waals surface area contributed by atoms with Crippen LogP contribution in [0.15, 0.2) is 70.9 Å². The van der Waals surface area contributed by atoms with Crippen LogP contribution in [-0.2, 0) is 4.74 Å². The van der Waals surface area contributed by atoms with Crippen molar-refractivity contribution in [3.8, 4) is 22.6 Å². The number of hydrogen-bond donors (Lipinski definition) is 0. The molecule has 2 aromatic rings. The van der Waals surface area contributed by atoms with E-state index in [-0.39, 0.29) is 5.75 Å². The molecule has 0 spiro atoms. The molecule has 0 saturated heterocycles. The highest BCUT2D eigenvalue weighted by atomic mass is 79.9. The fraction of sp³-hybridized carbons (Fsp3) is 0.273. The van der Waals surface area contributed by atoms with E-state index in [4.69, 9.17) is 9.47 Å². The summed E-state index contributed by atoms with van der Waals surface area (Å²) >= 11 is 3.48. The molecule has 29 heavy (non-hydrogen) atoms. The van der Waals surface area contributed by atoms with Gasteiger partial charge < -0.3 is 14.2 Å². The van der Waals surface area contributed by atoms with Crippen LogP contribution >= 0.6 is 15.9 Å². The van der Waals surface area contributed by atoms with Gasteiger partial charge >= 0.3 is 6.36 Å². The fourth-order valence-electron chi connectivity index (χ4n) is 2.47. The van der Waals surface area contributed by atoms with Gasteiger partial charge in [-0.15, -0.1) is 13.2 Å². The van der Waals surface area contributed by atoms with Crippen LogP contribution < -0.4 is 9.47 Å². The lowest BCUT2D eigenvalue weighted by Gasteiger charge is -2.12. The number of halogens is 4. The summed E-state index contributed by atoms with van der Waals surface area (Å²) in [4.78, 5) is 0. The highest BCUT2D eigenvalue weighted by Gasteiger charge is 2.30. The molecule has 0 atom stereocenters. The Morgan fingerprint density at radius 2 is 1.76 bits per heavy atom. The second kappa shape index (κ2) is 11.1. The Hall–Kier alpha value is -2.25. The molecule has 2 rings (SSSR count). The maximum absolute atomic E-state index is 12.3. The predicted octanol–water partition coefficient (Wildman–Crippen LogP) is 7.28. The van der Waals surface area contributed by atoms with Gasteiger partial charge in [-0.1, -0.05) is 31.2 Å². The average molecular weight is 471 g/mol. The first kappa shape index (κ1) is 23.0. The summed E-state index contributed by atoms with van der Waals surface area (Å²) in [5, 5.41) is 0. The van der Waals surface area contributed by atoms with Gasteiger partial charge in [0.15, 0.2) is 0 Å². The quantitative estimate of drug-likeness (QED) is 0.219. The summed E-state index contributed by atoms with van der Waals surface area (Å²) in [6, 6.07) is 11.2. The normalized spacial score (nSPS) is 12.4. The lowest BCUT2D eigenvalue weighted by Crippen LogP contribution is -2.16. The zero-order chi connectivity index (χ0) is 21.3. The third-order valence-electron chi connectivity index (χ3n) is 3.76. The number of methoxy groups -OCH3 is 1. The Kier molecular flexibility index (Phi) is 8.79.